The van der Waals surface area contributed by atoms with Gasteiger partial charge < -0.3 is 9.84 Å². The number of allylic oxidation sites excluding steroid dienone is 1. The van der Waals surface area contributed by atoms with Gasteiger partial charge in [0, 0.05) is 15.6 Å². The van der Waals surface area contributed by atoms with Crippen LogP contribution in [0.15, 0.2) is 61.9 Å². The zero-order valence-electron chi connectivity index (χ0n) is 18.1. The molecule has 1 N–H and O–H groups in total. The van der Waals surface area contributed by atoms with Gasteiger partial charge in [-0.05, 0) is 58.8 Å². The van der Waals surface area contributed by atoms with E-state index in [0.29, 0.717) is 16.4 Å². The number of aromatic hydroxyl groups is 1. The third-order valence-electron chi connectivity index (χ3n) is 5.12. The van der Waals surface area contributed by atoms with Crippen molar-refractivity contribution in [2.45, 2.75) is 19.1 Å². The summed E-state index contributed by atoms with van der Waals surface area (Å²) in [6.45, 7) is 1.27. The van der Waals surface area contributed by atoms with Gasteiger partial charge in [-0.3, -0.25) is 9.36 Å². The van der Waals surface area contributed by atoms with Crippen molar-refractivity contribution >= 4 is 62.5 Å². The lowest BCUT2D eigenvalue weighted by Crippen LogP contribution is -2.41. The van der Waals surface area contributed by atoms with Crippen LogP contribution in [0.25, 0.3) is 6.08 Å². The smallest absolute Gasteiger partial charge is 0.434 e. The van der Waals surface area contributed by atoms with Crippen molar-refractivity contribution in [3.05, 3.63) is 93.0 Å². The third-order valence-corrected chi connectivity index (χ3v) is 7.18. The van der Waals surface area contributed by atoms with Crippen molar-refractivity contribution < 1.29 is 27.8 Å². The minimum Gasteiger partial charge on any atom is -0.506 e. The molecule has 13 heteroatoms. The quantitative estimate of drug-likeness (QED) is 0.411. The maximum atomic E-state index is 14.1. The molecule has 1 aromatic heterocycles. The van der Waals surface area contributed by atoms with Crippen LogP contribution >= 0.6 is 50.5 Å². The Balaban J connectivity index is 2.07. The van der Waals surface area contributed by atoms with Gasteiger partial charge in [-0.25, -0.2) is 9.79 Å². The first-order valence-corrected chi connectivity index (χ1v) is 12.5. The number of hydrogen-bond acceptors (Lipinski definition) is 6. The van der Waals surface area contributed by atoms with E-state index in [1.807, 2.05) is 0 Å². The molecule has 1 atom stereocenters. The Morgan fingerprint density at radius 2 is 1.92 bits per heavy atom. The number of fused-ring (bicyclic) bond motifs is 1. The fraction of sp³-hybridized carbons (Fsp3) is 0.174. The molecule has 0 unspecified atom stereocenters. The van der Waals surface area contributed by atoms with Crippen molar-refractivity contribution in [2.24, 2.45) is 4.99 Å². The molecule has 0 spiro atoms. The Morgan fingerprint density at radius 3 is 2.53 bits per heavy atom. The topological polar surface area (TPSA) is 80.9 Å². The van der Waals surface area contributed by atoms with Crippen molar-refractivity contribution in [2.75, 3.05) is 6.61 Å². The molecule has 2 heterocycles. The molecule has 0 saturated heterocycles. The third kappa shape index (κ3) is 4.97. The number of hydrogen-bond donors (Lipinski definition) is 1. The summed E-state index contributed by atoms with van der Waals surface area (Å²) in [5, 5.41) is 10.9. The van der Waals surface area contributed by atoms with Gasteiger partial charge in [-0.1, -0.05) is 46.7 Å². The van der Waals surface area contributed by atoms with Gasteiger partial charge >= 0.3 is 12.1 Å². The molecule has 4 rings (SSSR count). The number of thiazole rings is 1. The van der Waals surface area contributed by atoms with Crippen LogP contribution in [0.1, 0.15) is 24.1 Å². The summed E-state index contributed by atoms with van der Waals surface area (Å²) in [4.78, 5) is 29.7. The van der Waals surface area contributed by atoms with Gasteiger partial charge in [-0.2, -0.15) is 13.2 Å². The number of nitrogens with zero attached hydrogens (tertiary/aromatic N) is 2. The predicted molar refractivity (Wildman–Crippen MR) is 133 cm³/mol. The summed E-state index contributed by atoms with van der Waals surface area (Å²) in [6.07, 6.45) is -3.73. The van der Waals surface area contributed by atoms with Crippen molar-refractivity contribution in [3.8, 4) is 5.75 Å². The van der Waals surface area contributed by atoms with Crippen LogP contribution in [0.5, 0.6) is 5.75 Å². The van der Waals surface area contributed by atoms with E-state index in [1.54, 1.807) is 0 Å². The van der Waals surface area contributed by atoms with Crippen LogP contribution in [0, 0.1) is 0 Å². The largest absolute Gasteiger partial charge is 0.506 e. The minimum atomic E-state index is -5.02. The monoisotopic (exact) mass is 620 g/mol. The van der Waals surface area contributed by atoms with E-state index in [0.717, 1.165) is 4.57 Å². The highest BCUT2D eigenvalue weighted by Gasteiger charge is 2.45. The first-order chi connectivity index (χ1) is 16.9. The molecular weight excluding hydrogens is 608 g/mol. The van der Waals surface area contributed by atoms with Gasteiger partial charge in [0.05, 0.1) is 27.2 Å². The maximum absolute atomic E-state index is 14.1. The molecule has 0 aliphatic carbocycles. The van der Waals surface area contributed by atoms with E-state index >= 15 is 0 Å². The Morgan fingerprint density at radius 1 is 1.25 bits per heavy atom. The number of halogens is 6. The predicted octanol–water partition coefficient (Wildman–Crippen LogP) is 5.12. The molecule has 1 aliphatic heterocycles. The number of esters is 1. The molecule has 36 heavy (non-hydrogen) atoms. The van der Waals surface area contributed by atoms with Gasteiger partial charge in [0.2, 0.25) is 0 Å². The van der Waals surface area contributed by atoms with Crippen LogP contribution in [0.3, 0.4) is 0 Å². The molecule has 0 saturated carbocycles. The van der Waals surface area contributed by atoms with Gasteiger partial charge in [-0.15, -0.1) is 0 Å². The second-order valence-electron chi connectivity index (χ2n) is 7.44. The molecule has 1 aliphatic rings. The lowest BCUT2D eigenvalue weighted by Gasteiger charge is -2.26. The average molecular weight is 622 g/mol. The number of aromatic nitrogens is 1. The summed E-state index contributed by atoms with van der Waals surface area (Å²) >= 11 is 15.8. The molecule has 6 nitrogen and oxygen atoms in total. The van der Waals surface area contributed by atoms with Crippen molar-refractivity contribution in [1.82, 2.24) is 4.57 Å². The fourth-order valence-corrected chi connectivity index (χ4v) is 5.59. The maximum Gasteiger partial charge on any atom is 0.434 e. The Hall–Kier alpha value is -2.60. The number of carbonyl (C=O) groups excluding carboxylic acids is 1. The number of carbonyl (C=O) groups is 1. The summed E-state index contributed by atoms with van der Waals surface area (Å²) in [5.74, 6) is -1.47. The normalized spacial score (nSPS) is 16.1. The molecule has 0 fully saturated rings. The SMILES string of the molecule is CCOC(=O)C1=C(C(F)(F)F)N=c2s/c(=C\c3cc(Cl)cc(Br)c3O)c(=O)n2[C@H]1c1ccc(Cl)cc1. The second-order valence-corrected chi connectivity index (χ2v) is 10.2. The molecule has 3 aromatic rings. The van der Waals surface area contributed by atoms with E-state index in [-0.39, 0.29) is 42.3 Å². The molecule has 0 bridgehead atoms. The Kier molecular flexibility index (Phi) is 7.38. The van der Waals surface area contributed by atoms with Gasteiger partial charge in [0.25, 0.3) is 5.56 Å². The zero-order chi connectivity index (χ0) is 26.4. The average Bonchev–Trinajstić information content (AvgIpc) is 3.11. The number of phenols is 1. The van der Waals surface area contributed by atoms with Crippen LogP contribution in [0.2, 0.25) is 10.0 Å². The fourth-order valence-electron chi connectivity index (χ4n) is 3.64. The Labute approximate surface area is 223 Å². The highest BCUT2D eigenvalue weighted by Crippen LogP contribution is 2.38. The number of rotatable bonds is 4. The number of benzene rings is 2. The first-order valence-electron chi connectivity index (χ1n) is 10.2. The number of ether oxygens (including phenoxy) is 1. The second kappa shape index (κ2) is 10.0. The van der Waals surface area contributed by atoms with E-state index in [4.69, 9.17) is 27.9 Å². The van der Waals surface area contributed by atoms with Gasteiger partial charge in [0.1, 0.15) is 5.75 Å². The molecule has 0 amide bonds. The molecule has 188 valence electrons. The van der Waals surface area contributed by atoms with Crippen LogP contribution in [-0.4, -0.2) is 28.4 Å². The molecule has 2 aromatic carbocycles. The summed E-state index contributed by atoms with van der Waals surface area (Å²) in [5.41, 5.74) is -2.65. The number of phenolic OH excluding ortho intramolecular Hbond substituents is 1. The summed E-state index contributed by atoms with van der Waals surface area (Å²) in [6, 6.07) is 7.05. The van der Waals surface area contributed by atoms with E-state index in [9.17, 15) is 27.9 Å². The van der Waals surface area contributed by atoms with E-state index in [1.165, 1.54) is 49.4 Å². The minimum absolute atomic E-state index is 0.0381. The van der Waals surface area contributed by atoms with Crippen molar-refractivity contribution in [1.29, 1.82) is 0 Å². The summed E-state index contributed by atoms with van der Waals surface area (Å²) < 4.78 is 48.5. The number of alkyl halides is 3. The van der Waals surface area contributed by atoms with Crippen LogP contribution < -0.4 is 14.9 Å². The highest BCUT2D eigenvalue weighted by atomic mass is 79.9. The lowest BCUT2D eigenvalue weighted by molar-refractivity contribution is -0.140. The van der Waals surface area contributed by atoms with Crippen LogP contribution in [0.4, 0.5) is 13.2 Å². The zero-order valence-corrected chi connectivity index (χ0v) is 22.0. The molecule has 0 radical (unpaired) electrons. The van der Waals surface area contributed by atoms with E-state index in [2.05, 4.69) is 20.9 Å². The first kappa shape index (κ1) is 26.5. The van der Waals surface area contributed by atoms with Crippen LogP contribution in [-0.2, 0) is 9.53 Å². The highest BCUT2D eigenvalue weighted by molar-refractivity contribution is 9.10. The van der Waals surface area contributed by atoms with Gasteiger partial charge in [0.15, 0.2) is 10.5 Å². The van der Waals surface area contributed by atoms with E-state index < -0.39 is 35.0 Å². The van der Waals surface area contributed by atoms with Crippen molar-refractivity contribution in [3.63, 3.8) is 0 Å². The standard InChI is InChI=1S/C23H14BrCl2F3N2O4S/c1-2-35-21(34)16-17(10-3-5-12(25)6-4-10)31-20(33)15(36-22(31)30-19(16)23(27,28)29)8-11-7-13(26)9-14(24)18(11)32/h3-9,17,32H,2H2,1H3/b15-8-/t17-/m0/s1. The lowest BCUT2D eigenvalue weighted by atomic mass is 9.95. The molecular formula is C23H14BrCl2F3N2O4S. The summed E-state index contributed by atoms with van der Waals surface area (Å²) in [7, 11) is 0. The Bertz CT molecular complexity index is 1580.